The van der Waals surface area contributed by atoms with Gasteiger partial charge in [0.15, 0.2) is 0 Å². The minimum atomic E-state index is -4.69. The Morgan fingerprint density at radius 3 is 2.50 bits per heavy atom. The molecule has 2 nitrogen and oxygen atoms in total. The minimum Gasteiger partial charge on any atom is -0.271 e. The lowest BCUT2D eigenvalue weighted by atomic mass is 10.0. The van der Waals surface area contributed by atoms with Crippen molar-refractivity contribution in [3.63, 3.8) is 0 Å². The molecule has 0 bridgehead atoms. The molecule has 0 fully saturated rings. The fraction of sp³-hybridized carbons (Fsp3) is 0.231. The van der Waals surface area contributed by atoms with Crippen molar-refractivity contribution < 1.29 is 17.6 Å². The van der Waals surface area contributed by atoms with Crippen LogP contribution in [0.5, 0.6) is 0 Å². The summed E-state index contributed by atoms with van der Waals surface area (Å²) in [6.07, 6.45) is -4.21. The van der Waals surface area contributed by atoms with Gasteiger partial charge < -0.3 is 0 Å². The van der Waals surface area contributed by atoms with E-state index in [1.165, 1.54) is 17.4 Å². The van der Waals surface area contributed by atoms with Crippen molar-refractivity contribution in [2.24, 2.45) is 5.84 Å². The molecule has 3 N–H and O–H groups in total. The lowest BCUT2D eigenvalue weighted by Gasteiger charge is -2.17. The van der Waals surface area contributed by atoms with E-state index >= 15 is 0 Å². The zero-order valence-corrected chi connectivity index (χ0v) is 11.1. The van der Waals surface area contributed by atoms with Crippen LogP contribution in [-0.4, -0.2) is 0 Å². The summed E-state index contributed by atoms with van der Waals surface area (Å²) in [6.45, 7) is 0. The van der Waals surface area contributed by atoms with Crippen molar-refractivity contribution in [2.75, 3.05) is 0 Å². The normalized spacial score (nSPS) is 13.4. The Balaban J connectivity index is 2.25. The summed E-state index contributed by atoms with van der Waals surface area (Å²) in [5.74, 6) is 4.11. The van der Waals surface area contributed by atoms with Crippen molar-refractivity contribution in [1.82, 2.24) is 5.43 Å². The SMILES string of the molecule is NNC(Cc1cccs1)c1ccc(C(F)(F)F)c(F)c1. The standard InChI is InChI=1S/C13H12F4N2S/c14-11-6-8(3-4-10(11)13(15,16)17)12(19-18)7-9-2-1-5-20-9/h1-6,12,19H,7,18H2. The van der Waals surface area contributed by atoms with E-state index in [4.69, 9.17) is 5.84 Å². The third-order valence-corrected chi connectivity index (χ3v) is 3.79. The van der Waals surface area contributed by atoms with Gasteiger partial charge in [-0.05, 0) is 29.1 Å². The van der Waals surface area contributed by atoms with Crippen molar-refractivity contribution in [3.05, 3.63) is 57.5 Å². The summed E-state index contributed by atoms with van der Waals surface area (Å²) in [5, 5.41) is 1.89. The lowest BCUT2D eigenvalue weighted by Crippen LogP contribution is -2.29. The number of hydrogen-bond donors (Lipinski definition) is 2. The molecule has 0 aliphatic rings. The highest BCUT2D eigenvalue weighted by atomic mass is 32.1. The average molecular weight is 304 g/mol. The van der Waals surface area contributed by atoms with Gasteiger partial charge in [-0.25, -0.2) is 4.39 Å². The summed E-state index contributed by atoms with van der Waals surface area (Å²) in [6, 6.07) is 6.16. The molecule has 1 aromatic heterocycles. The Labute approximate surface area is 117 Å². The first-order chi connectivity index (χ1) is 9.41. The van der Waals surface area contributed by atoms with Crippen LogP contribution in [0.3, 0.4) is 0 Å². The van der Waals surface area contributed by atoms with E-state index in [0.29, 0.717) is 12.0 Å². The monoisotopic (exact) mass is 304 g/mol. The molecule has 1 aromatic carbocycles. The van der Waals surface area contributed by atoms with Crippen LogP contribution in [0.25, 0.3) is 0 Å². The van der Waals surface area contributed by atoms with Gasteiger partial charge in [-0.15, -0.1) is 11.3 Å². The molecule has 0 saturated carbocycles. The molecule has 0 saturated heterocycles. The van der Waals surface area contributed by atoms with Crippen LogP contribution >= 0.6 is 11.3 Å². The van der Waals surface area contributed by atoms with Crippen LogP contribution in [0.2, 0.25) is 0 Å². The molecule has 0 spiro atoms. The summed E-state index contributed by atoms with van der Waals surface area (Å²) in [4.78, 5) is 1.01. The van der Waals surface area contributed by atoms with E-state index in [1.807, 2.05) is 17.5 Å². The molecule has 1 unspecified atom stereocenters. The number of benzene rings is 1. The van der Waals surface area contributed by atoms with Gasteiger partial charge in [-0.3, -0.25) is 11.3 Å². The maximum atomic E-state index is 13.5. The quantitative estimate of drug-likeness (QED) is 0.514. The maximum Gasteiger partial charge on any atom is 0.419 e. The third kappa shape index (κ3) is 3.36. The van der Waals surface area contributed by atoms with Gasteiger partial charge in [-0.1, -0.05) is 12.1 Å². The Hall–Kier alpha value is -1.44. The molecule has 0 aliphatic heterocycles. The number of alkyl halides is 3. The first-order valence-electron chi connectivity index (χ1n) is 5.77. The van der Waals surface area contributed by atoms with Crippen LogP contribution < -0.4 is 11.3 Å². The van der Waals surface area contributed by atoms with Gasteiger partial charge in [-0.2, -0.15) is 13.2 Å². The second-order valence-corrected chi connectivity index (χ2v) is 5.27. The summed E-state index contributed by atoms with van der Waals surface area (Å²) in [7, 11) is 0. The van der Waals surface area contributed by atoms with Gasteiger partial charge in [0.05, 0.1) is 11.6 Å². The van der Waals surface area contributed by atoms with E-state index < -0.39 is 23.6 Å². The lowest BCUT2D eigenvalue weighted by molar-refractivity contribution is -0.140. The number of nitrogens with one attached hydrogen (secondary N) is 1. The van der Waals surface area contributed by atoms with Gasteiger partial charge >= 0.3 is 6.18 Å². The predicted molar refractivity (Wildman–Crippen MR) is 69.5 cm³/mol. The van der Waals surface area contributed by atoms with Gasteiger partial charge in [0.25, 0.3) is 0 Å². The number of thiophene rings is 1. The second kappa shape index (κ2) is 5.90. The first-order valence-corrected chi connectivity index (χ1v) is 6.65. The number of rotatable bonds is 4. The summed E-state index contributed by atoms with van der Waals surface area (Å²) < 4.78 is 51.0. The topological polar surface area (TPSA) is 38.0 Å². The summed E-state index contributed by atoms with van der Waals surface area (Å²) >= 11 is 1.50. The Morgan fingerprint density at radius 1 is 1.25 bits per heavy atom. The van der Waals surface area contributed by atoms with Crippen LogP contribution in [0.1, 0.15) is 22.0 Å². The Bertz CT molecular complexity index is 566. The molecule has 1 atom stereocenters. The fourth-order valence-corrected chi connectivity index (χ4v) is 2.63. The van der Waals surface area contributed by atoms with E-state index in [2.05, 4.69) is 5.43 Å². The van der Waals surface area contributed by atoms with E-state index in [0.717, 1.165) is 17.0 Å². The Kier molecular flexibility index (Phi) is 4.42. The first kappa shape index (κ1) is 15.0. The fourth-order valence-electron chi connectivity index (χ4n) is 1.88. The highest BCUT2D eigenvalue weighted by Gasteiger charge is 2.34. The smallest absolute Gasteiger partial charge is 0.271 e. The predicted octanol–water partition coefficient (Wildman–Crippen LogP) is 3.65. The van der Waals surface area contributed by atoms with Gasteiger partial charge in [0, 0.05) is 11.3 Å². The number of halogens is 4. The summed E-state index contributed by atoms with van der Waals surface area (Å²) in [5.41, 5.74) is 1.61. The Morgan fingerprint density at radius 2 is 2.00 bits per heavy atom. The highest BCUT2D eigenvalue weighted by molar-refractivity contribution is 7.09. The van der Waals surface area contributed by atoms with Gasteiger partial charge in [0.2, 0.25) is 0 Å². The number of hydrazine groups is 1. The van der Waals surface area contributed by atoms with E-state index in [1.54, 1.807) is 0 Å². The maximum absolute atomic E-state index is 13.5. The molecular weight excluding hydrogens is 292 g/mol. The van der Waals surface area contributed by atoms with Crippen LogP contribution in [-0.2, 0) is 12.6 Å². The molecule has 108 valence electrons. The largest absolute Gasteiger partial charge is 0.419 e. The van der Waals surface area contributed by atoms with Crippen molar-refractivity contribution in [1.29, 1.82) is 0 Å². The molecule has 20 heavy (non-hydrogen) atoms. The van der Waals surface area contributed by atoms with Crippen molar-refractivity contribution in [2.45, 2.75) is 18.6 Å². The van der Waals surface area contributed by atoms with Crippen molar-refractivity contribution in [3.8, 4) is 0 Å². The van der Waals surface area contributed by atoms with Crippen molar-refractivity contribution >= 4 is 11.3 Å². The molecular formula is C13H12F4N2S. The molecule has 2 aromatic rings. The zero-order chi connectivity index (χ0) is 14.8. The molecule has 0 amide bonds. The molecule has 0 radical (unpaired) electrons. The third-order valence-electron chi connectivity index (χ3n) is 2.89. The van der Waals surface area contributed by atoms with Crippen LogP contribution in [0.4, 0.5) is 17.6 Å². The molecule has 1 heterocycles. The number of hydrogen-bond acceptors (Lipinski definition) is 3. The average Bonchev–Trinajstić information content (AvgIpc) is 2.87. The van der Waals surface area contributed by atoms with E-state index in [-0.39, 0.29) is 0 Å². The molecule has 2 rings (SSSR count). The molecule has 7 heteroatoms. The van der Waals surface area contributed by atoms with Crippen LogP contribution in [0, 0.1) is 5.82 Å². The zero-order valence-electron chi connectivity index (χ0n) is 10.2. The highest BCUT2D eigenvalue weighted by Crippen LogP contribution is 2.32. The van der Waals surface area contributed by atoms with Gasteiger partial charge in [0.1, 0.15) is 5.82 Å². The van der Waals surface area contributed by atoms with Crippen LogP contribution in [0.15, 0.2) is 35.7 Å². The number of nitrogens with two attached hydrogens (primary N) is 1. The molecule has 0 aliphatic carbocycles. The second-order valence-electron chi connectivity index (χ2n) is 4.24. The minimum absolute atomic E-state index is 0.381. The van der Waals surface area contributed by atoms with E-state index in [9.17, 15) is 17.6 Å².